The monoisotopic (exact) mass is 459 g/mol. The van der Waals surface area contributed by atoms with E-state index in [-0.39, 0.29) is 11.8 Å². The fourth-order valence-corrected chi connectivity index (χ4v) is 4.14. The summed E-state index contributed by atoms with van der Waals surface area (Å²) in [6.45, 7) is 7.37. The van der Waals surface area contributed by atoms with Crippen LogP contribution < -0.4 is 10.6 Å². The van der Waals surface area contributed by atoms with Gasteiger partial charge in [0.1, 0.15) is 0 Å². The molecule has 2 aromatic carbocycles. The highest BCUT2D eigenvalue weighted by Crippen LogP contribution is 2.25. The van der Waals surface area contributed by atoms with Crippen molar-refractivity contribution in [2.75, 3.05) is 10.6 Å². The van der Waals surface area contributed by atoms with Gasteiger partial charge in [0.25, 0.3) is 5.91 Å². The van der Waals surface area contributed by atoms with E-state index in [1.54, 1.807) is 30.5 Å². The third kappa shape index (κ3) is 5.23. The summed E-state index contributed by atoms with van der Waals surface area (Å²) in [6.07, 6.45) is 2.20. The third-order valence-electron chi connectivity index (χ3n) is 5.06. The first-order valence-corrected chi connectivity index (χ1v) is 11.4. The maximum atomic E-state index is 13.1. The van der Waals surface area contributed by atoms with Gasteiger partial charge in [-0.05, 0) is 48.8 Å². The molecule has 7 nitrogen and oxygen atoms in total. The van der Waals surface area contributed by atoms with Gasteiger partial charge in [-0.15, -0.1) is 0 Å². The molecule has 2 heterocycles. The number of aromatic nitrogens is 3. The minimum Gasteiger partial charge on any atom is -0.326 e. The van der Waals surface area contributed by atoms with Crippen LogP contribution in [0.3, 0.4) is 0 Å². The fourth-order valence-electron chi connectivity index (χ4n) is 3.26. The highest BCUT2D eigenvalue weighted by atomic mass is 32.1. The van der Waals surface area contributed by atoms with Crippen molar-refractivity contribution in [2.24, 2.45) is 5.41 Å². The van der Waals surface area contributed by atoms with Crippen molar-refractivity contribution < 1.29 is 9.59 Å². The number of benzene rings is 2. The molecule has 0 bridgehead atoms. The second kappa shape index (κ2) is 9.07. The Morgan fingerprint density at radius 3 is 2.39 bits per heavy atom. The van der Waals surface area contributed by atoms with Gasteiger partial charge >= 0.3 is 0 Å². The molecule has 4 aromatic rings. The molecule has 0 aliphatic carbocycles. The van der Waals surface area contributed by atoms with Crippen molar-refractivity contribution in [1.82, 2.24) is 14.3 Å². The summed E-state index contributed by atoms with van der Waals surface area (Å²) in [5.74, 6) is -0.341. The average molecular weight is 460 g/mol. The van der Waals surface area contributed by atoms with Crippen LogP contribution in [-0.2, 0) is 11.2 Å². The number of rotatable bonds is 5. The van der Waals surface area contributed by atoms with Crippen LogP contribution in [0.25, 0.3) is 11.0 Å². The number of aryl methyl sites for hydroxylation is 1. The summed E-state index contributed by atoms with van der Waals surface area (Å²) >= 11 is 1.29. The van der Waals surface area contributed by atoms with Gasteiger partial charge in [-0.25, -0.2) is 4.98 Å². The Hall–Kier alpha value is -3.65. The van der Waals surface area contributed by atoms with Crippen LogP contribution in [0.1, 0.15) is 47.4 Å². The number of hydrogen-bond acceptors (Lipinski definition) is 6. The Morgan fingerprint density at radius 2 is 1.67 bits per heavy atom. The summed E-state index contributed by atoms with van der Waals surface area (Å²) in [5, 5.41) is 5.82. The number of nitrogens with one attached hydrogen (secondary N) is 2. The van der Waals surface area contributed by atoms with Crippen molar-refractivity contribution in [3.05, 3.63) is 76.6 Å². The quantitative estimate of drug-likeness (QED) is 0.426. The minimum atomic E-state index is -0.515. The zero-order chi connectivity index (χ0) is 23.6. The van der Waals surface area contributed by atoms with E-state index >= 15 is 0 Å². The number of amides is 2. The van der Waals surface area contributed by atoms with Gasteiger partial charge in [0.05, 0.1) is 28.0 Å². The number of fused-ring (bicyclic) bond motifs is 1. The molecule has 0 atom stereocenters. The molecular formula is C25H25N5O2S. The van der Waals surface area contributed by atoms with E-state index in [1.807, 2.05) is 52.0 Å². The Morgan fingerprint density at radius 1 is 0.970 bits per heavy atom. The van der Waals surface area contributed by atoms with E-state index in [1.165, 1.54) is 11.5 Å². The van der Waals surface area contributed by atoms with Crippen LogP contribution in [0.15, 0.2) is 54.7 Å². The summed E-state index contributed by atoms with van der Waals surface area (Å²) in [4.78, 5) is 35.4. The standard InChI is InChI=1S/C25H25N5O2S/c1-15-22(21(33-30-15)13-18-14-26-19-10-5-6-11-20(19)27-18)23(31)28-16-8-7-9-17(12-16)29-24(32)25(2,3)4/h5-12,14H,13H2,1-4H3,(H,28,31)(H,29,32). The van der Waals surface area contributed by atoms with E-state index in [2.05, 4.69) is 25.0 Å². The molecule has 4 rings (SSSR count). The molecule has 8 heteroatoms. The first-order chi connectivity index (χ1) is 15.7. The lowest BCUT2D eigenvalue weighted by molar-refractivity contribution is -0.123. The number of anilines is 2. The highest BCUT2D eigenvalue weighted by molar-refractivity contribution is 7.06. The van der Waals surface area contributed by atoms with Gasteiger partial charge in [0, 0.05) is 34.3 Å². The lowest BCUT2D eigenvalue weighted by atomic mass is 9.95. The third-order valence-corrected chi connectivity index (χ3v) is 5.99. The summed E-state index contributed by atoms with van der Waals surface area (Å²) in [6, 6.07) is 14.8. The molecule has 0 unspecified atom stereocenters. The molecular weight excluding hydrogens is 434 g/mol. The topological polar surface area (TPSA) is 96.9 Å². The van der Waals surface area contributed by atoms with Crippen LogP contribution in [-0.4, -0.2) is 26.2 Å². The molecule has 0 spiro atoms. The average Bonchev–Trinajstić information content (AvgIpc) is 3.13. The largest absolute Gasteiger partial charge is 0.326 e. The van der Waals surface area contributed by atoms with Gasteiger partial charge < -0.3 is 10.6 Å². The molecule has 168 valence electrons. The molecule has 2 N–H and O–H groups in total. The molecule has 0 saturated heterocycles. The number of carbonyl (C=O) groups excluding carboxylic acids is 2. The predicted molar refractivity (Wildman–Crippen MR) is 132 cm³/mol. The smallest absolute Gasteiger partial charge is 0.258 e. The van der Waals surface area contributed by atoms with Gasteiger partial charge in [-0.1, -0.05) is 39.0 Å². The normalized spacial score (nSPS) is 11.4. The summed E-state index contributed by atoms with van der Waals surface area (Å²) in [7, 11) is 0. The Balaban J connectivity index is 1.53. The number of hydrogen-bond donors (Lipinski definition) is 2. The van der Waals surface area contributed by atoms with Crippen LogP contribution in [0.4, 0.5) is 11.4 Å². The van der Waals surface area contributed by atoms with E-state index < -0.39 is 5.41 Å². The lowest BCUT2D eigenvalue weighted by Crippen LogP contribution is -2.27. The maximum Gasteiger partial charge on any atom is 0.258 e. The summed E-state index contributed by atoms with van der Waals surface area (Å²) < 4.78 is 4.40. The predicted octanol–water partition coefficient (Wildman–Crippen LogP) is 5.22. The van der Waals surface area contributed by atoms with Gasteiger partial charge in [-0.3, -0.25) is 14.6 Å². The second-order valence-corrected chi connectivity index (χ2v) is 9.69. The van der Waals surface area contributed by atoms with E-state index in [9.17, 15) is 9.59 Å². The van der Waals surface area contributed by atoms with Crippen molar-refractivity contribution >= 4 is 45.8 Å². The minimum absolute atomic E-state index is 0.0948. The van der Waals surface area contributed by atoms with Crippen molar-refractivity contribution in [2.45, 2.75) is 34.1 Å². The van der Waals surface area contributed by atoms with Gasteiger partial charge in [0.15, 0.2) is 0 Å². The second-order valence-electron chi connectivity index (χ2n) is 8.83. The first-order valence-electron chi connectivity index (χ1n) is 10.6. The molecule has 0 aliphatic rings. The van der Waals surface area contributed by atoms with Crippen molar-refractivity contribution in [3.8, 4) is 0 Å². The van der Waals surface area contributed by atoms with Crippen LogP contribution >= 0.6 is 11.5 Å². The molecule has 2 aromatic heterocycles. The molecule has 2 amide bonds. The van der Waals surface area contributed by atoms with Gasteiger partial charge in [-0.2, -0.15) is 4.37 Å². The zero-order valence-electron chi connectivity index (χ0n) is 19.0. The molecule has 0 fully saturated rings. The van der Waals surface area contributed by atoms with E-state index in [4.69, 9.17) is 0 Å². The Labute approximate surface area is 196 Å². The zero-order valence-corrected chi connectivity index (χ0v) is 19.8. The number of para-hydroxylation sites is 2. The van der Waals surface area contributed by atoms with Crippen molar-refractivity contribution in [3.63, 3.8) is 0 Å². The maximum absolute atomic E-state index is 13.1. The van der Waals surface area contributed by atoms with Crippen molar-refractivity contribution in [1.29, 1.82) is 0 Å². The molecule has 33 heavy (non-hydrogen) atoms. The molecule has 0 radical (unpaired) electrons. The van der Waals surface area contributed by atoms with Crippen LogP contribution in [0, 0.1) is 12.3 Å². The number of nitrogens with zero attached hydrogens (tertiary/aromatic N) is 3. The highest BCUT2D eigenvalue weighted by Gasteiger charge is 2.22. The van der Waals surface area contributed by atoms with E-state index in [0.29, 0.717) is 29.1 Å². The summed E-state index contributed by atoms with van der Waals surface area (Å²) in [5.41, 5.74) is 4.33. The van der Waals surface area contributed by atoms with Crippen LogP contribution in [0.2, 0.25) is 0 Å². The molecule has 0 saturated carbocycles. The van der Waals surface area contributed by atoms with Crippen LogP contribution in [0.5, 0.6) is 0 Å². The van der Waals surface area contributed by atoms with E-state index in [0.717, 1.165) is 21.6 Å². The Bertz CT molecular complexity index is 1340. The first kappa shape index (κ1) is 22.5. The SMILES string of the molecule is Cc1nsc(Cc2cnc3ccccc3n2)c1C(=O)Nc1cccc(NC(=O)C(C)(C)C)c1. The Kier molecular flexibility index (Phi) is 6.20. The lowest BCUT2D eigenvalue weighted by Gasteiger charge is -2.18. The fraction of sp³-hybridized carbons (Fsp3) is 0.240. The van der Waals surface area contributed by atoms with Gasteiger partial charge in [0.2, 0.25) is 5.91 Å². The molecule has 0 aliphatic heterocycles. The number of carbonyl (C=O) groups is 2.